The fourth-order valence-corrected chi connectivity index (χ4v) is 5.47. The van der Waals surface area contributed by atoms with Crippen LogP contribution in [0.2, 0.25) is 0 Å². The molecule has 0 spiro atoms. The van der Waals surface area contributed by atoms with E-state index in [1.807, 2.05) is 0 Å². The Morgan fingerprint density at radius 3 is 2.05 bits per heavy atom. The number of benzene rings is 2. The zero-order chi connectivity index (χ0) is 26.7. The molecule has 198 valence electrons. The molecule has 1 heterocycles. The molecule has 6 unspecified atom stereocenters. The van der Waals surface area contributed by atoms with Gasteiger partial charge < -0.3 is 36.4 Å². The summed E-state index contributed by atoms with van der Waals surface area (Å²) >= 11 is 0. The number of rotatable bonds is 8. The molecule has 1 saturated carbocycles. The van der Waals surface area contributed by atoms with Crippen LogP contribution in [0.15, 0.2) is 48.5 Å². The van der Waals surface area contributed by atoms with Gasteiger partial charge in [-0.05, 0) is 67.0 Å². The third-order valence-electron chi connectivity index (χ3n) is 7.39. The maximum absolute atomic E-state index is 13.9. The average molecular weight is 512 g/mol. The van der Waals surface area contributed by atoms with E-state index in [1.54, 1.807) is 24.3 Å². The van der Waals surface area contributed by atoms with Gasteiger partial charge in [0.25, 0.3) is 0 Å². The second-order valence-electron chi connectivity index (χ2n) is 10.0. The lowest BCUT2D eigenvalue weighted by Gasteiger charge is -2.37. The minimum Gasteiger partial charge on any atom is -0.508 e. The van der Waals surface area contributed by atoms with E-state index in [-0.39, 0.29) is 36.3 Å². The van der Waals surface area contributed by atoms with Crippen molar-refractivity contribution in [2.24, 2.45) is 11.7 Å². The Morgan fingerprint density at radius 1 is 0.919 bits per heavy atom. The van der Waals surface area contributed by atoms with Crippen LogP contribution in [-0.2, 0) is 27.2 Å². The number of aromatic hydroxyl groups is 2. The van der Waals surface area contributed by atoms with Gasteiger partial charge in [0, 0.05) is 18.9 Å². The first-order valence-electron chi connectivity index (χ1n) is 12.5. The molecular weight excluding hydrogens is 478 g/mol. The number of carbonyl (C=O) groups is 3. The molecule has 37 heavy (non-hydrogen) atoms. The Hall–Kier alpha value is -3.63. The first-order valence-corrected chi connectivity index (χ1v) is 12.5. The van der Waals surface area contributed by atoms with Crippen molar-refractivity contribution in [2.45, 2.75) is 68.9 Å². The van der Waals surface area contributed by atoms with Gasteiger partial charge in [-0.25, -0.2) is 0 Å². The van der Waals surface area contributed by atoms with Gasteiger partial charge in [0.2, 0.25) is 17.7 Å². The molecule has 10 heteroatoms. The maximum Gasteiger partial charge on any atom is 0.249 e. The van der Waals surface area contributed by atoms with Gasteiger partial charge in [-0.15, -0.1) is 0 Å². The van der Waals surface area contributed by atoms with E-state index in [2.05, 4.69) is 5.32 Å². The molecule has 2 fully saturated rings. The van der Waals surface area contributed by atoms with Crippen molar-refractivity contribution >= 4 is 17.7 Å². The topological polar surface area (TPSA) is 173 Å². The number of phenolic OH excluding ortho intramolecular Hbond substituents is 2. The zero-order valence-corrected chi connectivity index (χ0v) is 20.4. The number of hydrogen-bond donors (Lipinski definition) is 6. The molecule has 10 nitrogen and oxygen atoms in total. The summed E-state index contributed by atoms with van der Waals surface area (Å²) in [6.07, 6.45) is -0.0540. The molecule has 6 atom stereocenters. The molecular formula is C27H33N3O7. The monoisotopic (exact) mass is 511 g/mol. The first kappa shape index (κ1) is 26.4. The highest BCUT2D eigenvalue weighted by Gasteiger charge is 2.49. The van der Waals surface area contributed by atoms with Crippen LogP contribution in [0.1, 0.15) is 36.8 Å². The second kappa shape index (κ2) is 11.2. The number of primary amides is 1. The summed E-state index contributed by atoms with van der Waals surface area (Å²) in [4.78, 5) is 40.6. The van der Waals surface area contributed by atoms with Crippen LogP contribution in [0.5, 0.6) is 11.5 Å². The third-order valence-corrected chi connectivity index (χ3v) is 7.39. The summed E-state index contributed by atoms with van der Waals surface area (Å²) in [5.74, 6) is -1.78. The van der Waals surface area contributed by atoms with Crippen LogP contribution in [0, 0.1) is 5.92 Å². The predicted octanol–water partition coefficient (Wildman–Crippen LogP) is 0.345. The summed E-state index contributed by atoms with van der Waals surface area (Å²) in [5, 5.41) is 42.6. The standard InChI is InChI=1S/C27H33N3O7/c28-25(35)23-13-17-5-10-20(33)14-22(17)30(23)27(37)21(11-15-1-6-18(31)7-2-15)29-26(36)24(34)12-16-3-8-19(32)9-4-16/h1-4,6-9,17,20-24,31-34H,5,10-14H2,(H2,28,35)(H,29,36). The maximum atomic E-state index is 13.9. The molecule has 2 aromatic carbocycles. The van der Waals surface area contributed by atoms with Crippen LogP contribution in [-0.4, -0.2) is 73.4 Å². The van der Waals surface area contributed by atoms with E-state index in [1.165, 1.54) is 29.2 Å². The number of nitrogens with one attached hydrogen (secondary N) is 1. The van der Waals surface area contributed by atoms with Crippen LogP contribution in [0.25, 0.3) is 0 Å². The molecule has 2 aliphatic rings. The summed E-state index contributed by atoms with van der Waals surface area (Å²) in [7, 11) is 0. The number of phenols is 2. The van der Waals surface area contributed by atoms with E-state index in [0.29, 0.717) is 36.8 Å². The average Bonchev–Trinajstić information content (AvgIpc) is 3.24. The van der Waals surface area contributed by atoms with Crippen molar-refractivity contribution in [3.63, 3.8) is 0 Å². The zero-order valence-electron chi connectivity index (χ0n) is 20.4. The molecule has 0 bridgehead atoms. The molecule has 3 amide bonds. The predicted molar refractivity (Wildman–Crippen MR) is 133 cm³/mol. The number of aliphatic hydroxyl groups excluding tert-OH is 2. The van der Waals surface area contributed by atoms with Gasteiger partial charge in [0.1, 0.15) is 29.7 Å². The molecule has 7 N–H and O–H groups in total. The van der Waals surface area contributed by atoms with E-state index in [4.69, 9.17) is 5.73 Å². The van der Waals surface area contributed by atoms with Crippen molar-refractivity contribution in [3.8, 4) is 11.5 Å². The van der Waals surface area contributed by atoms with Crippen molar-refractivity contribution < 1.29 is 34.8 Å². The number of carbonyl (C=O) groups excluding carboxylic acids is 3. The molecule has 4 rings (SSSR count). The van der Waals surface area contributed by atoms with E-state index >= 15 is 0 Å². The van der Waals surface area contributed by atoms with E-state index < -0.39 is 42.0 Å². The third kappa shape index (κ3) is 6.20. The summed E-state index contributed by atoms with van der Waals surface area (Å²) in [6.45, 7) is 0. The Kier molecular flexibility index (Phi) is 7.99. The molecule has 1 aliphatic heterocycles. The van der Waals surface area contributed by atoms with Crippen LogP contribution in [0.3, 0.4) is 0 Å². The number of fused-ring (bicyclic) bond motifs is 1. The smallest absolute Gasteiger partial charge is 0.249 e. The quantitative estimate of drug-likeness (QED) is 0.296. The molecule has 1 saturated heterocycles. The van der Waals surface area contributed by atoms with Crippen molar-refractivity contribution in [1.82, 2.24) is 10.2 Å². The summed E-state index contributed by atoms with van der Waals surface area (Å²) < 4.78 is 0. The summed E-state index contributed by atoms with van der Waals surface area (Å²) in [6, 6.07) is 9.89. The lowest BCUT2D eigenvalue weighted by Crippen LogP contribution is -2.58. The Bertz CT molecular complexity index is 1120. The van der Waals surface area contributed by atoms with Gasteiger partial charge in [-0.1, -0.05) is 24.3 Å². The first-order chi connectivity index (χ1) is 17.6. The van der Waals surface area contributed by atoms with Gasteiger partial charge in [-0.2, -0.15) is 0 Å². The minimum absolute atomic E-state index is 0.0231. The Morgan fingerprint density at radius 2 is 1.49 bits per heavy atom. The fraction of sp³-hybridized carbons (Fsp3) is 0.444. The lowest BCUT2D eigenvalue weighted by atomic mass is 9.83. The largest absolute Gasteiger partial charge is 0.508 e. The van der Waals surface area contributed by atoms with Crippen molar-refractivity contribution in [1.29, 1.82) is 0 Å². The van der Waals surface area contributed by atoms with Crippen LogP contribution in [0.4, 0.5) is 0 Å². The SMILES string of the molecule is NC(=O)C1CC2CCC(O)CC2N1C(=O)C(Cc1ccc(O)cc1)NC(=O)C(O)Cc1ccc(O)cc1. The molecule has 2 aromatic rings. The van der Waals surface area contributed by atoms with Crippen molar-refractivity contribution in [2.75, 3.05) is 0 Å². The number of nitrogens with two attached hydrogens (primary N) is 1. The van der Waals surface area contributed by atoms with E-state index in [9.17, 15) is 34.8 Å². The van der Waals surface area contributed by atoms with Crippen LogP contribution >= 0.6 is 0 Å². The number of likely N-dealkylation sites (tertiary alicyclic amines) is 1. The highest BCUT2D eigenvalue weighted by atomic mass is 16.3. The molecule has 0 radical (unpaired) electrons. The van der Waals surface area contributed by atoms with Crippen LogP contribution < -0.4 is 11.1 Å². The number of hydrogen-bond acceptors (Lipinski definition) is 7. The summed E-state index contributed by atoms with van der Waals surface area (Å²) in [5.41, 5.74) is 6.93. The normalized spacial score (nSPS) is 24.6. The van der Waals surface area contributed by atoms with Gasteiger partial charge in [0.05, 0.1) is 6.10 Å². The highest BCUT2D eigenvalue weighted by Crippen LogP contribution is 2.40. The molecule has 0 aromatic heterocycles. The number of nitrogens with zero attached hydrogens (tertiary/aromatic N) is 1. The molecule has 1 aliphatic carbocycles. The van der Waals surface area contributed by atoms with E-state index in [0.717, 1.165) is 0 Å². The lowest BCUT2D eigenvalue weighted by molar-refractivity contribution is -0.144. The van der Waals surface area contributed by atoms with Gasteiger partial charge >= 0.3 is 0 Å². The van der Waals surface area contributed by atoms with Gasteiger partial charge in [0.15, 0.2) is 0 Å². The highest BCUT2D eigenvalue weighted by molar-refractivity contribution is 5.93. The van der Waals surface area contributed by atoms with Gasteiger partial charge in [-0.3, -0.25) is 14.4 Å². The fourth-order valence-electron chi connectivity index (χ4n) is 5.47. The van der Waals surface area contributed by atoms with Crippen molar-refractivity contribution in [3.05, 3.63) is 59.7 Å². The number of aliphatic hydroxyl groups is 2. The number of amides is 3. The Balaban J connectivity index is 1.57. The minimum atomic E-state index is -1.46. The Labute approximate surface area is 214 Å². The second-order valence-corrected chi connectivity index (χ2v) is 10.0.